The zero-order valence-electron chi connectivity index (χ0n) is 10.3. The van der Waals surface area contributed by atoms with Crippen molar-refractivity contribution in [1.82, 2.24) is 9.71 Å². The van der Waals surface area contributed by atoms with Crippen molar-refractivity contribution in [3.63, 3.8) is 0 Å². The van der Waals surface area contributed by atoms with Gasteiger partial charge in [-0.05, 0) is 25.2 Å². The van der Waals surface area contributed by atoms with Crippen molar-refractivity contribution in [2.45, 2.75) is 11.4 Å². The summed E-state index contributed by atoms with van der Waals surface area (Å²) in [7, 11) is -2.09. The third kappa shape index (κ3) is 3.22. The van der Waals surface area contributed by atoms with E-state index in [9.17, 15) is 8.42 Å². The Morgan fingerprint density at radius 1 is 1.42 bits per heavy atom. The summed E-state index contributed by atoms with van der Waals surface area (Å²) in [4.78, 5) is 5.19. The summed E-state index contributed by atoms with van der Waals surface area (Å²) in [5.41, 5.74) is 8.65. The Hall–Kier alpha value is -1.64. The van der Waals surface area contributed by atoms with Gasteiger partial charge in [-0.15, -0.1) is 11.3 Å². The Bertz CT molecular complexity index is 653. The second kappa shape index (κ2) is 5.55. The van der Waals surface area contributed by atoms with Gasteiger partial charge < -0.3 is 11.1 Å². The van der Waals surface area contributed by atoms with E-state index < -0.39 is 10.0 Å². The van der Waals surface area contributed by atoms with Crippen LogP contribution in [0.1, 0.15) is 4.88 Å². The van der Waals surface area contributed by atoms with Crippen molar-refractivity contribution in [2.75, 3.05) is 18.1 Å². The van der Waals surface area contributed by atoms with Crippen molar-refractivity contribution < 1.29 is 8.42 Å². The number of nitrogens with two attached hydrogens (primary N) is 1. The molecular formula is C11H14N4O2S2. The SMILES string of the molecule is CNS(=O)(=O)c1ccc(N)c(NCc2cncs2)c1. The summed E-state index contributed by atoms with van der Waals surface area (Å²) < 4.78 is 25.7. The molecule has 19 heavy (non-hydrogen) atoms. The normalized spacial score (nSPS) is 11.4. The molecule has 0 bridgehead atoms. The van der Waals surface area contributed by atoms with E-state index in [-0.39, 0.29) is 4.90 Å². The van der Waals surface area contributed by atoms with Crippen LogP contribution in [0.4, 0.5) is 11.4 Å². The molecule has 0 saturated heterocycles. The van der Waals surface area contributed by atoms with Gasteiger partial charge in [-0.1, -0.05) is 0 Å². The summed E-state index contributed by atoms with van der Waals surface area (Å²) >= 11 is 1.52. The first-order chi connectivity index (χ1) is 9.03. The summed E-state index contributed by atoms with van der Waals surface area (Å²) in [6, 6.07) is 4.56. The molecule has 4 N–H and O–H groups in total. The van der Waals surface area contributed by atoms with Gasteiger partial charge in [0.2, 0.25) is 10.0 Å². The van der Waals surface area contributed by atoms with Gasteiger partial charge in [0.25, 0.3) is 0 Å². The van der Waals surface area contributed by atoms with Crippen LogP contribution in [0.3, 0.4) is 0 Å². The number of nitrogens with one attached hydrogen (secondary N) is 2. The highest BCUT2D eigenvalue weighted by atomic mass is 32.2. The lowest BCUT2D eigenvalue weighted by Crippen LogP contribution is -2.18. The Morgan fingerprint density at radius 3 is 2.84 bits per heavy atom. The molecular weight excluding hydrogens is 284 g/mol. The molecule has 0 amide bonds. The number of nitrogen functional groups attached to an aromatic ring is 1. The molecule has 1 aromatic carbocycles. The molecule has 0 aliphatic carbocycles. The van der Waals surface area contributed by atoms with Crippen LogP contribution < -0.4 is 15.8 Å². The monoisotopic (exact) mass is 298 g/mol. The Balaban J connectivity index is 2.22. The molecule has 0 saturated carbocycles. The number of rotatable bonds is 5. The standard InChI is InChI=1S/C11H14N4O2S2/c1-13-19(16,17)9-2-3-10(12)11(4-9)15-6-8-5-14-7-18-8/h2-5,7,13,15H,6,12H2,1H3. The highest BCUT2D eigenvalue weighted by Crippen LogP contribution is 2.23. The fourth-order valence-electron chi connectivity index (χ4n) is 1.49. The van der Waals surface area contributed by atoms with E-state index in [1.54, 1.807) is 17.8 Å². The first-order valence-corrected chi connectivity index (χ1v) is 7.83. The van der Waals surface area contributed by atoms with Crippen molar-refractivity contribution in [3.8, 4) is 0 Å². The van der Waals surface area contributed by atoms with E-state index in [1.807, 2.05) is 0 Å². The second-order valence-electron chi connectivity index (χ2n) is 3.78. The van der Waals surface area contributed by atoms with Crippen molar-refractivity contribution in [3.05, 3.63) is 34.8 Å². The Morgan fingerprint density at radius 2 is 2.21 bits per heavy atom. The van der Waals surface area contributed by atoms with Gasteiger partial charge in [-0.2, -0.15) is 0 Å². The molecule has 0 radical (unpaired) electrons. The third-order valence-electron chi connectivity index (χ3n) is 2.54. The van der Waals surface area contributed by atoms with Crippen LogP contribution in [0, 0.1) is 0 Å². The number of sulfonamides is 1. The summed E-state index contributed by atoms with van der Waals surface area (Å²) in [6.45, 7) is 0.553. The van der Waals surface area contributed by atoms with Gasteiger partial charge in [-0.25, -0.2) is 13.1 Å². The van der Waals surface area contributed by atoms with Gasteiger partial charge in [0, 0.05) is 11.1 Å². The maximum absolute atomic E-state index is 11.7. The molecule has 8 heteroatoms. The van der Waals surface area contributed by atoms with Gasteiger partial charge >= 0.3 is 0 Å². The van der Waals surface area contributed by atoms with Crippen LogP contribution in [0.2, 0.25) is 0 Å². The summed E-state index contributed by atoms with van der Waals surface area (Å²) in [6.07, 6.45) is 1.75. The number of hydrogen-bond donors (Lipinski definition) is 3. The van der Waals surface area contributed by atoms with E-state index in [1.165, 1.54) is 30.5 Å². The molecule has 2 rings (SSSR count). The molecule has 0 fully saturated rings. The predicted octanol–water partition coefficient (Wildman–Crippen LogP) is 1.25. The van der Waals surface area contributed by atoms with Crippen molar-refractivity contribution >= 4 is 32.7 Å². The van der Waals surface area contributed by atoms with Gasteiger partial charge in [-0.3, -0.25) is 4.98 Å². The molecule has 2 aromatic rings. The van der Waals surface area contributed by atoms with Crippen LogP contribution in [0.15, 0.2) is 34.8 Å². The molecule has 0 aliphatic rings. The van der Waals surface area contributed by atoms with Crippen molar-refractivity contribution in [1.29, 1.82) is 0 Å². The molecule has 0 atom stereocenters. The first-order valence-electron chi connectivity index (χ1n) is 5.47. The van der Waals surface area contributed by atoms with Gasteiger partial charge in [0.05, 0.1) is 28.3 Å². The Labute approximate surface area is 115 Å². The number of anilines is 2. The molecule has 1 heterocycles. The molecule has 102 valence electrons. The van der Waals surface area contributed by atoms with E-state index in [0.717, 1.165) is 4.88 Å². The predicted molar refractivity (Wildman–Crippen MR) is 76.5 cm³/mol. The van der Waals surface area contributed by atoms with E-state index in [2.05, 4.69) is 15.0 Å². The number of hydrogen-bond acceptors (Lipinski definition) is 6. The average Bonchev–Trinajstić information content (AvgIpc) is 2.90. The quantitative estimate of drug-likeness (QED) is 0.722. The minimum absolute atomic E-state index is 0.177. The number of benzene rings is 1. The minimum atomic E-state index is -3.46. The van der Waals surface area contributed by atoms with E-state index in [0.29, 0.717) is 17.9 Å². The van der Waals surface area contributed by atoms with E-state index >= 15 is 0 Å². The number of thiazole rings is 1. The maximum Gasteiger partial charge on any atom is 0.240 e. The lowest BCUT2D eigenvalue weighted by Gasteiger charge is -2.10. The number of nitrogens with zero attached hydrogens (tertiary/aromatic N) is 1. The molecule has 0 unspecified atom stereocenters. The highest BCUT2D eigenvalue weighted by molar-refractivity contribution is 7.89. The molecule has 1 aromatic heterocycles. The summed E-state index contributed by atoms with van der Waals surface area (Å²) in [5, 5.41) is 3.11. The second-order valence-corrected chi connectivity index (χ2v) is 6.64. The minimum Gasteiger partial charge on any atom is -0.397 e. The molecule has 0 spiro atoms. The largest absolute Gasteiger partial charge is 0.397 e. The van der Waals surface area contributed by atoms with Crippen LogP contribution in [-0.2, 0) is 16.6 Å². The topological polar surface area (TPSA) is 97.1 Å². The zero-order chi connectivity index (χ0) is 13.9. The van der Waals surface area contributed by atoms with Gasteiger partial charge in [0.15, 0.2) is 0 Å². The Kier molecular flexibility index (Phi) is 4.03. The van der Waals surface area contributed by atoms with E-state index in [4.69, 9.17) is 5.73 Å². The summed E-state index contributed by atoms with van der Waals surface area (Å²) in [5.74, 6) is 0. The highest BCUT2D eigenvalue weighted by Gasteiger charge is 2.13. The zero-order valence-corrected chi connectivity index (χ0v) is 11.9. The van der Waals surface area contributed by atoms with Crippen LogP contribution >= 0.6 is 11.3 Å². The average molecular weight is 298 g/mol. The lowest BCUT2D eigenvalue weighted by molar-refractivity contribution is 0.588. The fourth-order valence-corrected chi connectivity index (χ4v) is 2.78. The van der Waals surface area contributed by atoms with Crippen LogP contribution in [-0.4, -0.2) is 20.4 Å². The lowest BCUT2D eigenvalue weighted by atomic mass is 10.2. The smallest absolute Gasteiger partial charge is 0.240 e. The third-order valence-corrected chi connectivity index (χ3v) is 4.73. The fraction of sp³-hybridized carbons (Fsp3) is 0.182. The van der Waals surface area contributed by atoms with Crippen LogP contribution in [0.25, 0.3) is 0 Å². The first kappa shape index (κ1) is 13.8. The molecule has 0 aliphatic heterocycles. The van der Waals surface area contributed by atoms with Crippen molar-refractivity contribution in [2.24, 2.45) is 0 Å². The molecule has 6 nitrogen and oxygen atoms in total. The number of aromatic nitrogens is 1. The van der Waals surface area contributed by atoms with Gasteiger partial charge in [0.1, 0.15) is 0 Å². The van der Waals surface area contributed by atoms with Crippen LogP contribution in [0.5, 0.6) is 0 Å². The maximum atomic E-state index is 11.7.